The minimum atomic E-state index is -0.102. The number of aliphatic hydroxyl groups excluding tert-OH is 1. The molecule has 2 amide bonds. The number of aromatic amines is 1. The number of carbonyl (C=O) groups excluding carboxylic acids is 2. The van der Waals surface area contributed by atoms with E-state index in [9.17, 15) is 14.7 Å². The van der Waals surface area contributed by atoms with E-state index in [-0.39, 0.29) is 31.0 Å². The van der Waals surface area contributed by atoms with Crippen molar-refractivity contribution >= 4 is 52.1 Å². The molecule has 2 aliphatic rings. The van der Waals surface area contributed by atoms with Crippen LogP contribution in [0.1, 0.15) is 37.8 Å². The molecule has 0 spiro atoms. The molecule has 232 valence electrons. The number of anilines is 4. The summed E-state index contributed by atoms with van der Waals surface area (Å²) >= 11 is 1.38. The minimum Gasteiger partial charge on any atom is -0.395 e. The average Bonchev–Trinajstić information content (AvgIpc) is 3.74. The van der Waals surface area contributed by atoms with Crippen molar-refractivity contribution in [3.63, 3.8) is 0 Å². The highest BCUT2D eigenvalue weighted by Crippen LogP contribution is 2.30. The second kappa shape index (κ2) is 13.8. The minimum absolute atomic E-state index is 0.0522. The average molecular weight is 619 g/mol. The summed E-state index contributed by atoms with van der Waals surface area (Å²) < 4.78 is 1.71. The molecule has 4 aromatic rings. The molecular formula is C30H38N10O3S. The van der Waals surface area contributed by atoms with Crippen LogP contribution in [0.25, 0.3) is 5.52 Å². The Labute approximate surface area is 259 Å². The van der Waals surface area contributed by atoms with Gasteiger partial charge in [0.15, 0.2) is 11.6 Å². The fourth-order valence-corrected chi connectivity index (χ4v) is 6.46. The zero-order valence-corrected chi connectivity index (χ0v) is 25.6. The predicted octanol–water partition coefficient (Wildman–Crippen LogP) is 3.48. The number of fused-ring (bicyclic) bond motifs is 1. The number of aliphatic hydroxyl groups is 1. The Morgan fingerprint density at radius 3 is 2.52 bits per heavy atom. The molecule has 2 fully saturated rings. The zero-order valence-electron chi connectivity index (χ0n) is 24.8. The van der Waals surface area contributed by atoms with Crippen LogP contribution in [-0.4, -0.2) is 96.9 Å². The highest BCUT2D eigenvalue weighted by Gasteiger charge is 2.25. The van der Waals surface area contributed by atoms with Gasteiger partial charge in [0.05, 0.1) is 31.6 Å². The number of nitrogens with zero attached hydrogens (tertiary/aromatic N) is 6. The summed E-state index contributed by atoms with van der Waals surface area (Å²) in [5, 5.41) is 31.2. The molecule has 1 atom stereocenters. The second-order valence-corrected chi connectivity index (χ2v) is 12.4. The molecule has 0 saturated carbocycles. The van der Waals surface area contributed by atoms with Gasteiger partial charge in [-0.2, -0.15) is 5.10 Å². The molecule has 1 aromatic carbocycles. The van der Waals surface area contributed by atoms with E-state index in [4.69, 9.17) is 10.1 Å². The molecule has 0 radical (unpaired) electrons. The van der Waals surface area contributed by atoms with E-state index in [1.807, 2.05) is 48.2 Å². The smallest absolute Gasteiger partial charge is 0.238 e. The highest BCUT2D eigenvalue weighted by molar-refractivity contribution is 7.99. The van der Waals surface area contributed by atoms with E-state index in [1.54, 1.807) is 10.7 Å². The molecule has 3 aromatic heterocycles. The number of nitrogens with one attached hydrogen (secondary N) is 4. The van der Waals surface area contributed by atoms with Gasteiger partial charge >= 0.3 is 0 Å². The van der Waals surface area contributed by atoms with Gasteiger partial charge in [0.1, 0.15) is 5.52 Å². The summed E-state index contributed by atoms with van der Waals surface area (Å²) in [5.74, 6) is 1.02. The predicted molar refractivity (Wildman–Crippen MR) is 169 cm³/mol. The Hall–Kier alpha value is -3.98. The summed E-state index contributed by atoms with van der Waals surface area (Å²) in [6.07, 6.45) is 7.18. The van der Waals surface area contributed by atoms with Crippen molar-refractivity contribution in [1.82, 2.24) is 34.6 Å². The number of carbonyl (C=O) groups is 2. The van der Waals surface area contributed by atoms with Crippen molar-refractivity contribution in [2.24, 2.45) is 0 Å². The van der Waals surface area contributed by atoms with Crippen molar-refractivity contribution < 1.29 is 14.7 Å². The van der Waals surface area contributed by atoms with Crippen LogP contribution in [0.15, 0.2) is 52.6 Å². The Kier molecular flexibility index (Phi) is 9.40. The number of benzene rings is 1. The maximum Gasteiger partial charge on any atom is 0.238 e. The number of piperidine rings is 1. The van der Waals surface area contributed by atoms with Crippen molar-refractivity contribution in [2.75, 3.05) is 55.3 Å². The Morgan fingerprint density at radius 1 is 1.00 bits per heavy atom. The highest BCUT2D eigenvalue weighted by atomic mass is 32.2. The van der Waals surface area contributed by atoms with Crippen LogP contribution in [0.4, 0.5) is 23.0 Å². The molecule has 0 bridgehead atoms. The Bertz CT molecular complexity index is 1600. The maximum absolute atomic E-state index is 12.8. The second-order valence-electron chi connectivity index (χ2n) is 11.4. The fraction of sp³-hybridized carbons (Fsp3) is 0.433. The number of likely N-dealkylation sites (tertiary alicyclic amines) is 2. The van der Waals surface area contributed by atoms with E-state index in [1.165, 1.54) is 18.2 Å². The lowest BCUT2D eigenvalue weighted by Gasteiger charge is -2.25. The number of hydrogen-bond donors (Lipinski definition) is 5. The van der Waals surface area contributed by atoms with E-state index in [0.717, 1.165) is 55.9 Å². The van der Waals surface area contributed by atoms with Crippen LogP contribution in [0, 0.1) is 6.92 Å². The van der Waals surface area contributed by atoms with Crippen LogP contribution in [-0.2, 0) is 9.59 Å². The van der Waals surface area contributed by atoms with Crippen molar-refractivity contribution in [1.29, 1.82) is 0 Å². The summed E-state index contributed by atoms with van der Waals surface area (Å²) in [7, 11) is 0. The van der Waals surface area contributed by atoms with Crippen LogP contribution >= 0.6 is 11.8 Å². The van der Waals surface area contributed by atoms with E-state index in [0.29, 0.717) is 40.2 Å². The molecule has 2 aliphatic heterocycles. The lowest BCUT2D eigenvalue weighted by Crippen LogP contribution is -2.38. The maximum atomic E-state index is 12.8. The Balaban J connectivity index is 1.16. The van der Waals surface area contributed by atoms with E-state index < -0.39 is 0 Å². The zero-order chi connectivity index (χ0) is 30.5. The monoisotopic (exact) mass is 618 g/mol. The lowest BCUT2D eigenvalue weighted by atomic mass is 10.1. The van der Waals surface area contributed by atoms with Gasteiger partial charge in [0.2, 0.25) is 17.0 Å². The normalized spacial score (nSPS) is 17.6. The van der Waals surface area contributed by atoms with Crippen molar-refractivity contribution in [3.8, 4) is 0 Å². The largest absolute Gasteiger partial charge is 0.395 e. The third kappa shape index (κ3) is 7.56. The number of aryl methyl sites for hydroxylation is 1. The topological polar surface area (TPSA) is 156 Å². The number of aromatic nitrogens is 5. The van der Waals surface area contributed by atoms with Crippen LogP contribution in [0.5, 0.6) is 0 Å². The number of amides is 2. The fourth-order valence-electron chi connectivity index (χ4n) is 5.71. The summed E-state index contributed by atoms with van der Waals surface area (Å²) in [4.78, 5) is 35.3. The summed E-state index contributed by atoms with van der Waals surface area (Å²) in [6, 6.07) is 11.3. The van der Waals surface area contributed by atoms with Crippen molar-refractivity contribution in [3.05, 3.63) is 48.3 Å². The first-order chi connectivity index (χ1) is 21.4. The van der Waals surface area contributed by atoms with E-state index >= 15 is 0 Å². The van der Waals surface area contributed by atoms with Crippen LogP contribution in [0.2, 0.25) is 0 Å². The Morgan fingerprint density at radius 2 is 1.77 bits per heavy atom. The standard InChI is InChI=1S/C30H38N10O3S/c1-20-14-26(36-35-20)33-29-25-15-22(32-27(42)17-38-11-3-2-4-12-38)16-40(25)37-30(34-29)44-24-9-7-21(8-10-24)31-28(43)18-39-13-5-6-23(39)19-41/h7-10,14-16,23,41H,2-6,11-13,17-19H2,1H3,(H,31,43)(H,32,42)(H2,33,34,35,36,37). The van der Waals surface area contributed by atoms with E-state index in [2.05, 4.69) is 31.0 Å². The number of hydrogen-bond acceptors (Lipinski definition) is 10. The van der Waals surface area contributed by atoms with Gasteiger partial charge in [-0.15, -0.1) is 5.10 Å². The molecule has 0 aliphatic carbocycles. The molecule has 2 saturated heterocycles. The van der Waals surface area contributed by atoms with Gasteiger partial charge in [-0.3, -0.25) is 24.5 Å². The van der Waals surface area contributed by atoms with Gasteiger partial charge in [0.25, 0.3) is 0 Å². The van der Waals surface area contributed by atoms with Gasteiger partial charge in [-0.05, 0) is 94.3 Å². The molecule has 5 heterocycles. The van der Waals surface area contributed by atoms with Crippen LogP contribution < -0.4 is 16.0 Å². The van der Waals surface area contributed by atoms with Gasteiger partial charge in [0, 0.05) is 28.4 Å². The summed E-state index contributed by atoms with van der Waals surface area (Å²) in [5.41, 5.74) is 2.95. The molecule has 13 nitrogen and oxygen atoms in total. The number of H-pyrrole nitrogens is 1. The molecule has 1 unspecified atom stereocenters. The van der Waals surface area contributed by atoms with Gasteiger partial charge in [-0.25, -0.2) is 9.50 Å². The third-order valence-corrected chi connectivity index (χ3v) is 8.76. The first-order valence-corrected chi connectivity index (χ1v) is 15.9. The van der Waals surface area contributed by atoms with Crippen LogP contribution in [0.3, 0.4) is 0 Å². The molecule has 6 rings (SSSR count). The number of rotatable bonds is 11. The third-order valence-electron chi connectivity index (χ3n) is 7.90. The molecular weight excluding hydrogens is 580 g/mol. The SMILES string of the molecule is Cc1cc(Nc2nc(Sc3ccc(NC(=O)CN4CCCC4CO)cc3)nn3cc(NC(=O)CN4CCCCC4)cc23)n[nH]1. The first-order valence-electron chi connectivity index (χ1n) is 15.1. The molecule has 5 N–H and O–H groups in total. The van der Waals surface area contributed by atoms with Gasteiger partial charge in [-0.1, -0.05) is 6.42 Å². The lowest BCUT2D eigenvalue weighted by molar-refractivity contribution is -0.118. The van der Waals surface area contributed by atoms with Crippen molar-refractivity contribution in [2.45, 2.75) is 55.1 Å². The molecule has 14 heteroatoms. The summed E-state index contributed by atoms with van der Waals surface area (Å²) in [6.45, 7) is 5.35. The quantitative estimate of drug-likeness (QED) is 0.169. The molecule has 44 heavy (non-hydrogen) atoms. The first kappa shape index (κ1) is 30.1. The van der Waals surface area contributed by atoms with Gasteiger partial charge < -0.3 is 21.1 Å².